The van der Waals surface area contributed by atoms with Crippen LogP contribution in [0.25, 0.3) is 0 Å². The van der Waals surface area contributed by atoms with Crippen molar-refractivity contribution in [2.24, 2.45) is 0 Å². The van der Waals surface area contributed by atoms with Crippen molar-refractivity contribution in [3.05, 3.63) is 59.2 Å². The van der Waals surface area contributed by atoms with Crippen molar-refractivity contribution in [1.82, 2.24) is 0 Å². The highest BCUT2D eigenvalue weighted by atomic mass is 16.5. The van der Waals surface area contributed by atoms with E-state index in [9.17, 15) is 5.11 Å². The van der Waals surface area contributed by atoms with Crippen molar-refractivity contribution in [3.8, 4) is 11.5 Å². The van der Waals surface area contributed by atoms with Gasteiger partial charge in [0.15, 0.2) is 0 Å². The highest BCUT2D eigenvalue weighted by molar-refractivity contribution is 5.42. The Morgan fingerprint density at radius 3 is 2.36 bits per heavy atom. The van der Waals surface area contributed by atoms with Crippen LogP contribution in [-0.2, 0) is 18.4 Å². The van der Waals surface area contributed by atoms with E-state index in [1.54, 1.807) is 14.2 Å². The lowest BCUT2D eigenvalue weighted by atomic mass is 9.76. The molecule has 1 N–H and O–H groups in total. The second kappa shape index (κ2) is 6.01. The third-order valence-electron chi connectivity index (χ3n) is 4.51. The Bertz CT molecular complexity index is 648. The van der Waals surface area contributed by atoms with Gasteiger partial charge in [-0.15, -0.1) is 0 Å². The Morgan fingerprint density at radius 1 is 1.00 bits per heavy atom. The van der Waals surface area contributed by atoms with E-state index in [1.807, 2.05) is 42.5 Å². The number of aliphatic hydroxyl groups is 1. The van der Waals surface area contributed by atoms with Crippen LogP contribution < -0.4 is 9.47 Å². The molecule has 0 aliphatic heterocycles. The Labute approximate surface area is 131 Å². The van der Waals surface area contributed by atoms with Crippen LogP contribution in [0.5, 0.6) is 11.5 Å². The van der Waals surface area contributed by atoms with Gasteiger partial charge >= 0.3 is 0 Å². The highest BCUT2D eigenvalue weighted by Gasteiger charge is 2.34. The second-order valence-corrected chi connectivity index (χ2v) is 5.93. The van der Waals surface area contributed by atoms with Crippen molar-refractivity contribution < 1.29 is 14.6 Å². The summed E-state index contributed by atoms with van der Waals surface area (Å²) >= 11 is 0. The SMILES string of the molecule is COc1ccc(C[C@]2(O)CCCc3cc(OC)ccc32)cc1. The zero-order chi connectivity index (χ0) is 15.6. The predicted molar refractivity (Wildman–Crippen MR) is 86.5 cm³/mol. The molecule has 3 rings (SSSR count). The van der Waals surface area contributed by atoms with Crippen LogP contribution in [-0.4, -0.2) is 19.3 Å². The maximum atomic E-state index is 11.2. The number of rotatable bonds is 4. The molecule has 0 amide bonds. The number of aryl methyl sites for hydroxylation is 1. The van der Waals surface area contributed by atoms with Gasteiger partial charge < -0.3 is 14.6 Å². The van der Waals surface area contributed by atoms with Crippen molar-refractivity contribution in [3.63, 3.8) is 0 Å². The molecule has 1 aliphatic rings. The molecule has 116 valence electrons. The molecule has 0 bridgehead atoms. The summed E-state index contributed by atoms with van der Waals surface area (Å²) in [6, 6.07) is 13.9. The van der Waals surface area contributed by atoms with Crippen molar-refractivity contribution >= 4 is 0 Å². The molecule has 0 fully saturated rings. The summed E-state index contributed by atoms with van der Waals surface area (Å²) in [6.45, 7) is 0. The standard InChI is InChI=1S/C19H22O3/c1-21-16-7-5-14(6-8-16)13-19(20)11-3-4-15-12-17(22-2)9-10-18(15)19/h5-10,12,20H,3-4,11,13H2,1-2H3/t19-/m1/s1. The lowest BCUT2D eigenvalue weighted by Crippen LogP contribution is -2.33. The van der Waals surface area contributed by atoms with E-state index in [2.05, 4.69) is 0 Å². The fourth-order valence-corrected chi connectivity index (χ4v) is 3.33. The molecule has 0 saturated carbocycles. The molecule has 2 aromatic carbocycles. The number of benzene rings is 2. The van der Waals surface area contributed by atoms with E-state index < -0.39 is 5.60 Å². The van der Waals surface area contributed by atoms with Crippen molar-refractivity contribution in [2.45, 2.75) is 31.3 Å². The number of methoxy groups -OCH3 is 2. The van der Waals surface area contributed by atoms with E-state index in [0.717, 1.165) is 41.9 Å². The Balaban J connectivity index is 1.90. The molecule has 3 heteroatoms. The van der Waals surface area contributed by atoms with Gasteiger partial charge in [-0.25, -0.2) is 0 Å². The van der Waals surface area contributed by atoms with Gasteiger partial charge in [0.1, 0.15) is 11.5 Å². The number of fused-ring (bicyclic) bond motifs is 1. The second-order valence-electron chi connectivity index (χ2n) is 5.93. The minimum atomic E-state index is -0.797. The molecule has 0 unspecified atom stereocenters. The average Bonchev–Trinajstić information content (AvgIpc) is 2.55. The molecule has 22 heavy (non-hydrogen) atoms. The minimum absolute atomic E-state index is 0.621. The van der Waals surface area contributed by atoms with Crippen LogP contribution >= 0.6 is 0 Å². The molecule has 0 radical (unpaired) electrons. The van der Waals surface area contributed by atoms with Gasteiger partial charge in [0.25, 0.3) is 0 Å². The summed E-state index contributed by atoms with van der Waals surface area (Å²) < 4.78 is 10.5. The number of hydrogen-bond donors (Lipinski definition) is 1. The Morgan fingerprint density at radius 2 is 1.68 bits per heavy atom. The van der Waals surface area contributed by atoms with Crippen LogP contribution in [0, 0.1) is 0 Å². The molecular weight excluding hydrogens is 276 g/mol. The normalized spacial score (nSPS) is 20.3. The van der Waals surface area contributed by atoms with Gasteiger partial charge in [-0.1, -0.05) is 18.2 Å². The largest absolute Gasteiger partial charge is 0.497 e. The van der Waals surface area contributed by atoms with Gasteiger partial charge in [0.2, 0.25) is 0 Å². The monoisotopic (exact) mass is 298 g/mol. The molecule has 0 spiro atoms. The van der Waals surface area contributed by atoms with E-state index in [1.165, 1.54) is 5.56 Å². The first kappa shape index (κ1) is 14.9. The van der Waals surface area contributed by atoms with E-state index >= 15 is 0 Å². The van der Waals surface area contributed by atoms with Crippen LogP contribution in [0.15, 0.2) is 42.5 Å². The Kier molecular flexibility index (Phi) is 4.08. The molecule has 0 aromatic heterocycles. The summed E-state index contributed by atoms with van der Waals surface area (Å²) in [7, 11) is 3.33. The van der Waals surface area contributed by atoms with Crippen LogP contribution in [0.1, 0.15) is 29.5 Å². The maximum Gasteiger partial charge on any atom is 0.119 e. The topological polar surface area (TPSA) is 38.7 Å². The molecule has 2 aromatic rings. The van der Waals surface area contributed by atoms with Gasteiger partial charge in [-0.2, -0.15) is 0 Å². The van der Waals surface area contributed by atoms with E-state index in [0.29, 0.717) is 6.42 Å². The average molecular weight is 298 g/mol. The smallest absolute Gasteiger partial charge is 0.119 e. The molecule has 1 atom stereocenters. The first-order valence-electron chi connectivity index (χ1n) is 7.67. The van der Waals surface area contributed by atoms with Gasteiger partial charge in [-0.3, -0.25) is 0 Å². The minimum Gasteiger partial charge on any atom is -0.497 e. The van der Waals surface area contributed by atoms with E-state index in [-0.39, 0.29) is 0 Å². The summed E-state index contributed by atoms with van der Waals surface area (Å²) in [4.78, 5) is 0. The van der Waals surface area contributed by atoms with Gasteiger partial charge in [0, 0.05) is 6.42 Å². The third-order valence-corrected chi connectivity index (χ3v) is 4.51. The van der Waals surface area contributed by atoms with Crippen molar-refractivity contribution in [1.29, 1.82) is 0 Å². The molecule has 1 aliphatic carbocycles. The van der Waals surface area contributed by atoms with Gasteiger partial charge in [-0.05, 0) is 60.2 Å². The van der Waals surface area contributed by atoms with Crippen molar-refractivity contribution in [2.75, 3.05) is 14.2 Å². The maximum absolute atomic E-state index is 11.2. The quantitative estimate of drug-likeness (QED) is 0.939. The van der Waals surface area contributed by atoms with Crippen LogP contribution in [0.3, 0.4) is 0 Å². The molecular formula is C19H22O3. The highest BCUT2D eigenvalue weighted by Crippen LogP contribution is 2.39. The Hall–Kier alpha value is -2.00. The summed E-state index contributed by atoms with van der Waals surface area (Å²) in [5.41, 5.74) is 2.55. The molecule has 3 nitrogen and oxygen atoms in total. The first-order valence-corrected chi connectivity index (χ1v) is 7.67. The zero-order valence-electron chi connectivity index (χ0n) is 13.1. The third kappa shape index (κ3) is 2.81. The van der Waals surface area contributed by atoms with Gasteiger partial charge in [0.05, 0.1) is 19.8 Å². The first-order chi connectivity index (χ1) is 10.6. The number of ether oxygens (including phenoxy) is 2. The number of hydrogen-bond acceptors (Lipinski definition) is 3. The zero-order valence-corrected chi connectivity index (χ0v) is 13.1. The molecule has 0 heterocycles. The predicted octanol–water partition coefficient (Wildman–Crippen LogP) is 3.47. The summed E-state index contributed by atoms with van der Waals surface area (Å²) in [5.74, 6) is 1.69. The fourth-order valence-electron chi connectivity index (χ4n) is 3.33. The lowest BCUT2D eigenvalue weighted by Gasteiger charge is -2.35. The summed E-state index contributed by atoms with van der Waals surface area (Å²) in [5, 5.41) is 11.2. The fraction of sp³-hybridized carbons (Fsp3) is 0.368. The van der Waals surface area contributed by atoms with Crippen LogP contribution in [0.4, 0.5) is 0 Å². The lowest BCUT2D eigenvalue weighted by molar-refractivity contribution is 0.0190. The van der Waals surface area contributed by atoms with E-state index in [4.69, 9.17) is 9.47 Å². The van der Waals surface area contributed by atoms with Crippen LogP contribution in [0.2, 0.25) is 0 Å². The summed E-state index contributed by atoms with van der Waals surface area (Å²) in [6.07, 6.45) is 3.40. The molecule has 0 saturated heterocycles.